The highest BCUT2D eigenvalue weighted by molar-refractivity contribution is 5.89. The van der Waals surface area contributed by atoms with Gasteiger partial charge in [-0.1, -0.05) is 6.07 Å². The first-order valence-corrected chi connectivity index (χ1v) is 13.6. The summed E-state index contributed by atoms with van der Waals surface area (Å²) in [6.07, 6.45) is 0.314. The van der Waals surface area contributed by atoms with Gasteiger partial charge in [0.15, 0.2) is 11.5 Å². The van der Waals surface area contributed by atoms with Crippen molar-refractivity contribution in [2.45, 2.75) is 68.2 Å². The molecule has 2 aromatic carbocycles. The number of urea groups is 1. The van der Waals surface area contributed by atoms with E-state index in [1.165, 1.54) is 5.56 Å². The Bertz CT molecular complexity index is 1220. The van der Waals surface area contributed by atoms with Crippen molar-refractivity contribution >= 4 is 11.7 Å². The second-order valence-electron chi connectivity index (χ2n) is 10.9. The topological polar surface area (TPSA) is 72.1 Å². The van der Waals surface area contributed by atoms with Gasteiger partial charge in [0, 0.05) is 42.4 Å². The van der Waals surface area contributed by atoms with Crippen LogP contribution in [0.5, 0.6) is 11.5 Å². The van der Waals surface area contributed by atoms with Crippen molar-refractivity contribution in [3.63, 3.8) is 0 Å². The molecule has 5 rings (SSSR count). The van der Waals surface area contributed by atoms with Gasteiger partial charge >= 0.3 is 12.2 Å². The number of ether oxygens (including phenoxy) is 3. The maximum atomic E-state index is 13.8. The van der Waals surface area contributed by atoms with Gasteiger partial charge in [-0.05, 0) is 81.0 Å². The second kappa shape index (κ2) is 11.4. The summed E-state index contributed by atoms with van der Waals surface area (Å²) in [6, 6.07) is 7.77. The Hall–Kier alpha value is -3.05. The largest absolute Gasteiger partial charge is 0.493 e. The maximum Gasteiger partial charge on any atom is 0.416 e. The van der Waals surface area contributed by atoms with Gasteiger partial charge in [-0.15, -0.1) is 0 Å². The van der Waals surface area contributed by atoms with E-state index in [1.807, 2.05) is 6.07 Å². The number of rotatable bonds is 6. The van der Waals surface area contributed by atoms with Gasteiger partial charge in [0.05, 0.1) is 19.8 Å². The Morgan fingerprint density at radius 1 is 1.02 bits per heavy atom. The van der Waals surface area contributed by atoms with Crippen LogP contribution in [0.15, 0.2) is 36.4 Å². The number of carbonyl (C=O) groups is 1. The fourth-order valence-corrected chi connectivity index (χ4v) is 6.83. The third kappa shape index (κ3) is 5.72. The summed E-state index contributed by atoms with van der Waals surface area (Å²) in [5, 5.41) is 5.34. The van der Waals surface area contributed by atoms with Crippen LogP contribution in [-0.2, 0) is 16.3 Å². The number of nitrogens with one attached hydrogen (secondary N) is 2. The smallest absolute Gasteiger partial charge is 0.416 e. The maximum absolute atomic E-state index is 13.8. The zero-order chi connectivity index (χ0) is 28.5. The molecule has 2 amide bonds. The number of carbonyl (C=O) groups excluding carboxylic acids is 1. The average Bonchev–Trinajstić information content (AvgIpc) is 3.32. The molecule has 2 saturated heterocycles. The predicted molar refractivity (Wildman–Crippen MR) is 141 cm³/mol. The third-order valence-electron chi connectivity index (χ3n) is 8.74. The molecule has 40 heavy (non-hydrogen) atoms. The molecule has 2 aliphatic heterocycles. The average molecular weight is 566 g/mol. The van der Waals surface area contributed by atoms with Crippen LogP contribution in [0.25, 0.3) is 0 Å². The Kier molecular flexibility index (Phi) is 8.15. The number of benzene rings is 2. The van der Waals surface area contributed by atoms with Gasteiger partial charge < -0.3 is 24.8 Å². The molecule has 2 N–H and O–H groups in total. The minimum absolute atomic E-state index is 0.138. The van der Waals surface area contributed by atoms with Gasteiger partial charge in [-0.2, -0.15) is 13.2 Å². The predicted octanol–water partition coefficient (Wildman–Crippen LogP) is 5.73. The molecule has 0 spiro atoms. The van der Waals surface area contributed by atoms with Crippen molar-refractivity contribution < 1.29 is 36.6 Å². The van der Waals surface area contributed by atoms with Crippen LogP contribution < -0.4 is 20.1 Å². The number of halogens is 4. The summed E-state index contributed by atoms with van der Waals surface area (Å²) >= 11 is 0. The lowest BCUT2D eigenvalue weighted by Crippen LogP contribution is -2.55. The van der Waals surface area contributed by atoms with Gasteiger partial charge in [0.25, 0.3) is 0 Å². The zero-order valence-electron chi connectivity index (χ0n) is 22.7. The molecule has 3 aliphatic rings. The molecule has 0 unspecified atom stereocenters. The highest BCUT2D eigenvalue weighted by atomic mass is 19.4. The summed E-state index contributed by atoms with van der Waals surface area (Å²) in [4.78, 5) is 15.4. The molecule has 2 heterocycles. The zero-order valence-corrected chi connectivity index (χ0v) is 22.7. The van der Waals surface area contributed by atoms with Crippen LogP contribution in [-0.4, -0.2) is 63.0 Å². The molecule has 0 radical (unpaired) electrons. The molecule has 1 saturated carbocycles. The second-order valence-corrected chi connectivity index (χ2v) is 10.9. The van der Waals surface area contributed by atoms with Crippen molar-refractivity contribution in [3.8, 4) is 11.5 Å². The SMILES string of the molecule is COc1ccc([C@@]23CC[C@H](NC(=O)Nc4cc(F)cc(C(F)(F)F)c4)C[C@H]2N(C2CCOCC2)CC3)cc1OC. The Morgan fingerprint density at radius 3 is 2.48 bits per heavy atom. The summed E-state index contributed by atoms with van der Waals surface area (Å²) in [6.45, 7) is 2.36. The van der Waals surface area contributed by atoms with Crippen LogP contribution in [0.2, 0.25) is 0 Å². The lowest BCUT2D eigenvalue weighted by molar-refractivity contribution is -0.137. The summed E-state index contributed by atoms with van der Waals surface area (Å²) in [7, 11) is 3.23. The number of likely N-dealkylation sites (tertiary alicyclic amines) is 1. The molecule has 0 aromatic heterocycles. The molecule has 11 heteroatoms. The van der Waals surface area contributed by atoms with E-state index in [0.717, 1.165) is 57.6 Å². The van der Waals surface area contributed by atoms with E-state index in [-0.39, 0.29) is 23.2 Å². The number of amides is 2. The first-order chi connectivity index (χ1) is 19.1. The number of nitrogens with zero attached hydrogens (tertiary/aromatic N) is 1. The fraction of sp³-hybridized carbons (Fsp3) is 0.552. The first-order valence-electron chi connectivity index (χ1n) is 13.6. The molecule has 3 fully saturated rings. The van der Waals surface area contributed by atoms with E-state index in [9.17, 15) is 22.4 Å². The molecule has 0 bridgehead atoms. The van der Waals surface area contributed by atoms with Crippen LogP contribution in [0.3, 0.4) is 0 Å². The fourth-order valence-electron chi connectivity index (χ4n) is 6.83. The Balaban J connectivity index is 1.36. The van der Waals surface area contributed by atoms with Crippen molar-refractivity contribution in [1.82, 2.24) is 10.2 Å². The van der Waals surface area contributed by atoms with Crippen molar-refractivity contribution in [1.29, 1.82) is 0 Å². The minimum atomic E-state index is -4.72. The van der Waals surface area contributed by atoms with Crippen LogP contribution in [0.4, 0.5) is 28.0 Å². The quantitative estimate of drug-likeness (QED) is 0.438. The number of hydrogen-bond donors (Lipinski definition) is 2. The molecule has 1 aliphatic carbocycles. The van der Waals surface area contributed by atoms with Crippen LogP contribution >= 0.6 is 0 Å². The molecule has 218 valence electrons. The number of fused-ring (bicyclic) bond motifs is 1. The van der Waals surface area contributed by atoms with E-state index < -0.39 is 23.6 Å². The van der Waals surface area contributed by atoms with E-state index in [2.05, 4.69) is 27.7 Å². The lowest BCUT2D eigenvalue weighted by Gasteiger charge is -2.47. The van der Waals surface area contributed by atoms with E-state index in [1.54, 1.807) is 14.2 Å². The summed E-state index contributed by atoms with van der Waals surface area (Å²) in [5.41, 5.74) is -0.369. The number of methoxy groups -OCH3 is 2. The first kappa shape index (κ1) is 28.5. The van der Waals surface area contributed by atoms with Crippen LogP contribution in [0.1, 0.15) is 49.7 Å². The summed E-state index contributed by atoms with van der Waals surface area (Å²) < 4.78 is 69.9. The standard InChI is InChI=1S/C29H35F4N3O4/c1-38-24-4-3-18(15-25(24)39-2)28-8-5-21(17-26(28)36(10-9-28)23-6-11-40-12-7-23)34-27(37)35-22-14-19(29(31,32)33)13-20(30)16-22/h3-4,13-16,21,23,26H,5-12,17H2,1-2H3,(H2,34,35,37)/t21-,26+,28-/m0/s1. The van der Waals surface area contributed by atoms with E-state index in [0.29, 0.717) is 36.4 Å². The molecular formula is C29H35F4N3O4. The van der Waals surface area contributed by atoms with Gasteiger partial charge in [-0.3, -0.25) is 4.90 Å². The Morgan fingerprint density at radius 2 is 1.77 bits per heavy atom. The lowest BCUT2D eigenvalue weighted by atomic mass is 9.65. The summed E-state index contributed by atoms with van der Waals surface area (Å²) in [5.74, 6) is 0.266. The molecular weight excluding hydrogens is 530 g/mol. The highest BCUT2D eigenvalue weighted by Gasteiger charge is 2.53. The van der Waals surface area contributed by atoms with Crippen molar-refractivity contribution in [2.75, 3.05) is 39.3 Å². The van der Waals surface area contributed by atoms with Gasteiger partial charge in [0.2, 0.25) is 0 Å². The molecule has 3 atom stereocenters. The van der Waals surface area contributed by atoms with Crippen molar-refractivity contribution in [3.05, 3.63) is 53.3 Å². The number of hydrogen-bond acceptors (Lipinski definition) is 5. The highest BCUT2D eigenvalue weighted by Crippen LogP contribution is 2.51. The minimum Gasteiger partial charge on any atom is -0.493 e. The van der Waals surface area contributed by atoms with Crippen LogP contribution in [0, 0.1) is 5.82 Å². The molecule has 7 nitrogen and oxygen atoms in total. The van der Waals surface area contributed by atoms with E-state index >= 15 is 0 Å². The van der Waals surface area contributed by atoms with Gasteiger partial charge in [-0.25, -0.2) is 9.18 Å². The monoisotopic (exact) mass is 565 g/mol. The Labute approximate surface area is 231 Å². The third-order valence-corrected chi connectivity index (χ3v) is 8.74. The van der Waals surface area contributed by atoms with E-state index in [4.69, 9.17) is 14.2 Å². The molecule has 2 aromatic rings. The van der Waals surface area contributed by atoms with Gasteiger partial charge in [0.1, 0.15) is 5.82 Å². The number of anilines is 1. The normalized spacial score (nSPS) is 25.8. The van der Waals surface area contributed by atoms with Crippen molar-refractivity contribution in [2.24, 2.45) is 0 Å². The number of alkyl halides is 3.